The van der Waals surface area contributed by atoms with E-state index in [-0.39, 0.29) is 23.8 Å². The molecule has 0 fully saturated rings. The molecule has 0 radical (unpaired) electrons. The van der Waals surface area contributed by atoms with E-state index in [1.165, 1.54) is 12.1 Å². The topological polar surface area (TPSA) is 113 Å². The third-order valence-electron chi connectivity index (χ3n) is 2.33. The Hall–Kier alpha value is -1.19. The Kier molecular flexibility index (Phi) is 5.11. The Morgan fingerprint density at radius 2 is 2.05 bits per heavy atom. The minimum atomic E-state index is -3.64. The van der Waals surface area contributed by atoms with Gasteiger partial charge in [0.15, 0.2) is 5.75 Å². The van der Waals surface area contributed by atoms with Crippen LogP contribution in [0.15, 0.2) is 22.7 Å². The van der Waals surface area contributed by atoms with E-state index < -0.39 is 20.4 Å². The summed E-state index contributed by atoms with van der Waals surface area (Å²) in [5.74, 6) is -0.190. The third kappa shape index (κ3) is 5.43. The normalized spacial score (nSPS) is 12.2. The van der Waals surface area contributed by atoms with Gasteiger partial charge in [0, 0.05) is 16.0 Å². The van der Waals surface area contributed by atoms with Crippen molar-refractivity contribution in [2.75, 3.05) is 12.4 Å². The molecule has 112 valence electrons. The highest BCUT2D eigenvalue weighted by Gasteiger charge is 2.26. The third-order valence-corrected chi connectivity index (χ3v) is 4.01. The molecule has 0 saturated heterocycles. The van der Waals surface area contributed by atoms with E-state index in [0.29, 0.717) is 4.47 Å². The van der Waals surface area contributed by atoms with Gasteiger partial charge in [-0.25, -0.2) is 13.6 Å². The molecule has 0 aliphatic carbocycles. The van der Waals surface area contributed by atoms with Crippen LogP contribution in [-0.4, -0.2) is 25.7 Å². The summed E-state index contributed by atoms with van der Waals surface area (Å²) in [4.78, 5) is 10.4. The van der Waals surface area contributed by atoms with Gasteiger partial charge in [0.25, 0.3) is 0 Å². The summed E-state index contributed by atoms with van der Waals surface area (Å²) in [6, 6.07) is 4.38. The highest BCUT2D eigenvalue weighted by molar-refractivity contribution is 9.10. The van der Waals surface area contributed by atoms with Crippen LogP contribution in [0.25, 0.3) is 0 Å². The van der Waals surface area contributed by atoms with Crippen LogP contribution in [0.2, 0.25) is 0 Å². The van der Waals surface area contributed by atoms with Crippen molar-refractivity contribution in [2.24, 2.45) is 10.6 Å². The van der Waals surface area contributed by atoms with Crippen molar-refractivity contribution >= 4 is 31.6 Å². The summed E-state index contributed by atoms with van der Waals surface area (Å²) in [7, 11) is -3.64. The number of halogens is 1. The van der Waals surface area contributed by atoms with E-state index in [1.807, 2.05) is 0 Å². The molecule has 0 saturated carbocycles. The molecule has 1 aromatic rings. The Bertz CT molecular complexity index is 615. The van der Waals surface area contributed by atoms with Crippen molar-refractivity contribution < 1.29 is 18.1 Å². The summed E-state index contributed by atoms with van der Waals surface area (Å²) in [6.07, 6.45) is 0. The summed E-state index contributed by atoms with van der Waals surface area (Å²) in [5, 5.41) is 15.9. The zero-order chi connectivity index (χ0) is 15.6. The number of hydrogen-bond acceptors (Lipinski definition) is 5. The molecule has 0 aliphatic rings. The van der Waals surface area contributed by atoms with Crippen LogP contribution in [0.3, 0.4) is 0 Å². The molecule has 0 amide bonds. The first-order valence-corrected chi connectivity index (χ1v) is 8.08. The largest absolute Gasteiger partial charge is 0.486 e. The molecule has 0 atom stereocenters. The van der Waals surface area contributed by atoms with Crippen molar-refractivity contribution in [3.63, 3.8) is 0 Å². The van der Waals surface area contributed by atoms with Gasteiger partial charge in [-0.2, -0.15) is 0 Å². The van der Waals surface area contributed by atoms with Gasteiger partial charge in [-0.05, 0) is 12.1 Å². The maximum Gasteiger partial charge on any atom is 0.312 e. The standard InChI is InChI=1S/C11H15BrN2O5S/c1-11(2,7-20(13,17)18)6-19-10-4-3-8(12)5-9(10)14(15)16/h3-5H,6-7H2,1-2H3,(H2,13,17,18). The lowest BCUT2D eigenvalue weighted by molar-refractivity contribution is -0.386. The molecule has 0 aromatic heterocycles. The number of primary sulfonamides is 1. The Labute approximate surface area is 125 Å². The van der Waals surface area contributed by atoms with Crippen LogP contribution in [0, 0.1) is 15.5 Å². The second kappa shape index (κ2) is 6.06. The highest BCUT2D eigenvalue weighted by atomic mass is 79.9. The SMILES string of the molecule is CC(C)(COc1ccc(Br)cc1[N+](=O)[O-])CS(N)(=O)=O. The Morgan fingerprint density at radius 3 is 2.55 bits per heavy atom. The predicted octanol–water partition coefficient (Wildman–Crippen LogP) is 2.05. The molecular weight excluding hydrogens is 352 g/mol. The fourth-order valence-electron chi connectivity index (χ4n) is 1.61. The van der Waals surface area contributed by atoms with E-state index in [4.69, 9.17) is 9.88 Å². The molecule has 2 N–H and O–H groups in total. The molecule has 7 nitrogen and oxygen atoms in total. The number of nitro benzene ring substituents is 1. The van der Waals surface area contributed by atoms with Gasteiger partial charge < -0.3 is 4.74 Å². The first-order valence-electron chi connectivity index (χ1n) is 5.57. The summed E-state index contributed by atoms with van der Waals surface area (Å²) in [6.45, 7) is 3.30. The molecular formula is C11H15BrN2O5S. The molecule has 0 spiro atoms. The van der Waals surface area contributed by atoms with E-state index in [0.717, 1.165) is 0 Å². The van der Waals surface area contributed by atoms with Crippen molar-refractivity contribution in [1.29, 1.82) is 0 Å². The lowest BCUT2D eigenvalue weighted by atomic mass is 9.98. The summed E-state index contributed by atoms with van der Waals surface area (Å²) >= 11 is 3.14. The first kappa shape index (κ1) is 16.9. The first-order chi connectivity index (χ1) is 9.00. The highest BCUT2D eigenvalue weighted by Crippen LogP contribution is 2.31. The minimum absolute atomic E-state index is 0.00803. The molecule has 20 heavy (non-hydrogen) atoms. The minimum Gasteiger partial charge on any atom is -0.486 e. The number of sulfonamides is 1. The van der Waals surface area contributed by atoms with E-state index in [2.05, 4.69) is 15.9 Å². The smallest absolute Gasteiger partial charge is 0.312 e. The van der Waals surface area contributed by atoms with E-state index in [1.54, 1.807) is 19.9 Å². The second-order valence-electron chi connectivity index (χ2n) is 5.13. The maximum atomic E-state index is 11.1. The number of nitro groups is 1. The van der Waals surface area contributed by atoms with Gasteiger partial charge in [0.2, 0.25) is 10.0 Å². The van der Waals surface area contributed by atoms with Crippen molar-refractivity contribution in [1.82, 2.24) is 0 Å². The van der Waals surface area contributed by atoms with Gasteiger partial charge in [0.05, 0.1) is 17.3 Å². The van der Waals surface area contributed by atoms with Crippen LogP contribution in [-0.2, 0) is 10.0 Å². The van der Waals surface area contributed by atoms with Crippen LogP contribution < -0.4 is 9.88 Å². The monoisotopic (exact) mass is 366 g/mol. The van der Waals surface area contributed by atoms with Crippen molar-refractivity contribution in [3.8, 4) is 5.75 Å². The van der Waals surface area contributed by atoms with Crippen LogP contribution in [0.1, 0.15) is 13.8 Å². The fraction of sp³-hybridized carbons (Fsp3) is 0.455. The van der Waals surface area contributed by atoms with Gasteiger partial charge in [0.1, 0.15) is 0 Å². The second-order valence-corrected chi connectivity index (χ2v) is 7.66. The van der Waals surface area contributed by atoms with Gasteiger partial charge in [-0.3, -0.25) is 10.1 Å². The molecule has 0 bridgehead atoms. The number of benzene rings is 1. The lowest BCUT2D eigenvalue weighted by Gasteiger charge is -2.23. The Morgan fingerprint density at radius 1 is 1.45 bits per heavy atom. The number of rotatable bonds is 6. The molecule has 9 heteroatoms. The molecule has 1 rings (SSSR count). The van der Waals surface area contributed by atoms with E-state index in [9.17, 15) is 18.5 Å². The average Bonchev–Trinajstić information content (AvgIpc) is 2.23. The molecule has 0 unspecified atom stereocenters. The number of hydrogen-bond donors (Lipinski definition) is 1. The summed E-state index contributed by atoms with van der Waals surface area (Å²) in [5.41, 5.74) is -0.945. The summed E-state index contributed by atoms with van der Waals surface area (Å²) < 4.78 is 28.1. The number of nitrogens with zero attached hydrogens (tertiary/aromatic N) is 1. The fourth-order valence-corrected chi connectivity index (χ4v) is 3.14. The predicted molar refractivity (Wildman–Crippen MR) is 78.0 cm³/mol. The lowest BCUT2D eigenvalue weighted by Crippen LogP contribution is -2.33. The average molecular weight is 367 g/mol. The molecule has 0 aliphatic heterocycles. The van der Waals surface area contributed by atoms with Crippen LogP contribution in [0.4, 0.5) is 5.69 Å². The van der Waals surface area contributed by atoms with E-state index >= 15 is 0 Å². The Balaban J connectivity index is 2.87. The quantitative estimate of drug-likeness (QED) is 0.611. The maximum absolute atomic E-state index is 11.1. The zero-order valence-corrected chi connectivity index (χ0v) is 13.4. The zero-order valence-electron chi connectivity index (χ0n) is 11.0. The van der Waals surface area contributed by atoms with Gasteiger partial charge >= 0.3 is 5.69 Å². The van der Waals surface area contributed by atoms with Crippen molar-refractivity contribution in [2.45, 2.75) is 13.8 Å². The molecule has 0 heterocycles. The van der Waals surface area contributed by atoms with Gasteiger partial charge in [-0.15, -0.1) is 0 Å². The van der Waals surface area contributed by atoms with Crippen LogP contribution in [0.5, 0.6) is 5.75 Å². The molecule has 1 aromatic carbocycles. The van der Waals surface area contributed by atoms with Crippen molar-refractivity contribution in [3.05, 3.63) is 32.8 Å². The number of nitrogens with two attached hydrogens (primary N) is 1. The van der Waals surface area contributed by atoms with Crippen LogP contribution >= 0.6 is 15.9 Å². The number of ether oxygens (including phenoxy) is 1. The van der Waals surface area contributed by atoms with Gasteiger partial charge in [-0.1, -0.05) is 29.8 Å².